The maximum absolute atomic E-state index is 13.7. The topological polar surface area (TPSA) is 68.3 Å². The molecular formula is C27H26N2O3S. The minimum absolute atomic E-state index is 0.272. The number of aryl methyl sites for hydroxylation is 2. The highest BCUT2D eigenvalue weighted by Crippen LogP contribution is 2.35. The molecule has 2 heterocycles. The predicted octanol–water partition coefficient (Wildman–Crippen LogP) is 6.63. The zero-order valence-electron chi connectivity index (χ0n) is 19.4. The second-order valence-electron chi connectivity index (χ2n) is 8.01. The number of ether oxygens (including phenoxy) is 1. The number of rotatable bonds is 5. The zero-order chi connectivity index (χ0) is 23.7. The van der Waals surface area contributed by atoms with Crippen molar-refractivity contribution < 1.29 is 14.3 Å². The van der Waals surface area contributed by atoms with Gasteiger partial charge in [0.2, 0.25) is 0 Å². The van der Waals surface area contributed by atoms with E-state index in [4.69, 9.17) is 9.72 Å². The van der Waals surface area contributed by atoms with E-state index in [1.807, 2.05) is 76.2 Å². The van der Waals surface area contributed by atoms with Crippen LogP contribution in [0.4, 0.5) is 5.00 Å². The summed E-state index contributed by atoms with van der Waals surface area (Å²) in [5, 5.41) is 4.27. The molecule has 2 aromatic carbocycles. The van der Waals surface area contributed by atoms with Crippen LogP contribution in [0.15, 0.2) is 48.5 Å². The summed E-state index contributed by atoms with van der Waals surface area (Å²) in [6.07, 6.45) is 0. The largest absolute Gasteiger partial charge is 0.462 e. The number of para-hydroxylation sites is 1. The van der Waals surface area contributed by atoms with Gasteiger partial charge in [-0.1, -0.05) is 48.0 Å². The molecule has 0 spiro atoms. The fourth-order valence-corrected chi connectivity index (χ4v) is 4.97. The molecule has 0 aliphatic rings. The summed E-state index contributed by atoms with van der Waals surface area (Å²) in [6, 6.07) is 15.7. The molecule has 2 aromatic heterocycles. The number of esters is 1. The Hall–Kier alpha value is -3.51. The molecule has 0 saturated heterocycles. The Kier molecular flexibility index (Phi) is 6.29. The first-order valence-corrected chi connectivity index (χ1v) is 11.7. The Balaban J connectivity index is 1.84. The molecule has 0 bridgehead atoms. The minimum atomic E-state index is -0.425. The summed E-state index contributed by atoms with van der Waals surface area (Å²) >= 11 is 1.38. The Morgan fingerprint density at radius 2 is 1.64 bits per heavy atom. The highest BCUT2D eigenvalue weighted by atomic mass is 32.1. The number of anilines is 1. The number of carbonyl (C=O) groups excluding carboxylic acids is 2. The lowest BCUT2D eigenvalue weighted by Crippen LogP contribution is -2.17. The number of amides is 1. The fourth-order valence-electron chi connectivity index (χ4n) is 3.92. The van der Waals surface area contributed by atoms with Crippen molar-refractivity contribution in [2.24, 2.45) is 0 Å². The standard InChI is InChI=1S/C27H26N2O3S/c1-6-32-27(31)23-16(3)18(5)33-26(23)29-25(30)22-17(4)24(19-13-11-15(2)12-14-19)28-21-10-8-7-9-20(21)22/h7-14H,6H2,1-5H3,(H,29,30). The van der Waals surface area contributed by atoms with Gasteiger partial charge in [-0.15, -0.1) is 11.3 Å². The van der Waals surface area contributed by atoms with Crippen LogP contribution >= 0.6 is 11.3 Å². The fraction of sp³-hybridized carbons (Fsp3) is 0.222. The third kappa shape index (κ3) is 4.26. The Morgan fingerprint density at radius 3 is 2.33 bits per heavy atom. The molecule has 1 amide bonds. The van der Waals surface area contributed by atoms with Crippen molar-refractivity contribution in [3.8, 4) is 11.3 Å². The third-order valence-corrected chi connectivity index (χ3v) is 6.90. The van der Waals surface area contributed by atoms with E-state index in [9.17, 15) is 9.59 Å². The first-order chi connectivity index (χ1) is 15.8. The molecule has 0 unspecified atom stereocenters. The number of carbonyl (C=O) groups is 2. The Labute approximate surface area is 197 Å². The summed E-state index contributed by atoms with van der Waals surface area (Å²) in [5.41, 5.74) is 6.20. The quantitative estimate of drug-likeness (QED) is 0.341. The molecule has 6 heteroatoms. The average Bonchev–Trinajstić information content (AvgIpc) is 3.07. The summed E-state index contributed by atoms with van der Waals surface area (Å²) in [4.78, 5) is 32.1. The lowest BCUT2D eigenvalue weighted by molar-refractivity contribution is 0.0527. The summed E-state index contributed by atoms with van der Waals surface area (Å²) in [7, 11) is 0. The number of thiophene rings is 1. The Morgan fingerprint density at radius 1 is 0.939 bits per heavy atom. The van der Waals surface area contributed by atoms with Crippen molar-refractivity contribution in [3.63, 3.8) is 0 Å². The van der Waals surface area contributed by atoms with Crippen molar-refractivity contribution >= 4 is 39.1 Å². The molecule has 4 rings (SSSR count). The van der Waals surface area contributed by atoms with Gasteiger partial charge in [0, 0.05) is 15.8 Å². The first kappa shape index (κ1) is 22.7. The van der Waals surface area contributed by atoms with Crippen molar-refractivity contribution in [1.82, 2.24) is 4.98 Å². The van der Waals surface area contributed by atoms with Gasteiger partial charge in [0.1, 0.15) is 5.00 Å². The van der Waals surface area contributed by atoms with Gasteiger partial charge in [0.25, 0.3) is 5.91 Å². The van der Waals surface area contributed by atoms with E-state index in [2.05, 4.69) is 5.32 Å². The summed E-state index contributed by atoms with van der Waals surface area (Å²) < 4.78 is 5.24. The van der Waals surface area contributed by atoms with Gasteiger partial charge in [-0.25, -0.2) is 9.78 Å². The highest BCUT2D eigenvalue weighted by molar-refractivity contribution is 7.16. The molecule has 4 aromatic rings. The summed E-state index contributed by atoms with van der Waals surface area (Å²) in [5.74, 6) is -0.697. The predicted molar refractivity (Wildman–Crippen MR) is 134 cm³/mol. The number of hydrogen-bond acceptors (Lipinski definition) is 5. The van der Waals surface area contributed by atoms with E-state index in [-0.39, 0.29) is 12.5 Å². The molecule has 0 aliphatic carbocycles. The van der Waals surface area contributed by atoms with Crippen LogP contribution in [0.5, 0.6) is 0 Å². The van der Waals surface area contributed by atoms with Gasteiger partial charge in [-0.05, 0) is 51.8 Å². The van der Waals surface area contributed by atoms with Gasteiger partial charge in [-0.3, -0.25) is 4.79 Å². The zero-order valence-corrected chi connectivity index (χ0v) is 20.2. The second-order valence-corrected chi connectivity index (χ2v) is 9.23. The van der Waals surface area contributed by atoms with E-state index in [1.54, 1.807) is 6.92 Å². The van der Waals surface area contributed by atoms with Crippen molar-refractivity contribution in [1.29, 1.82) is 0 Å². The number of nitrogens with one attached hydrogen (secondary N) is 1. The summed E-state index contributed by atoms with van der Waals surface area (Å²) in [6.45, 7) is 9.80. The van der Waals surface area contributed by atoms with Crippen LogP contribution in [0.2, 0.25) is 0 Å². The highest BCUT2D eigenvalue weighted by Gasteiger charge is 2.25. The van der Waals surface area contributed by atoms with Crippen LogP contribution in [0.25, 0.3) is 22.2 Å². The normalized spacial score (nSPS) is 10.9. The monoisotopic (exact) mass is 458 g/mol. The maximum atomic E-state index is 13.7. The van der Waals surface area contributed by atoms with Crippen molar-refractivity contribution in [2.75, 3.05) is 11.9 Å². The second kappa shape index (κ2) is 9.16. The number of pyridine rings is 1. The number of benzene rings is 2. The molecule has 1 N–H and O–H groups in total. The third-order valence-electron chi connectivity index (χ3n) is 5.78. The van der Waals surface area contributed by atoms with E-state index >= 15 is 0 Å². The maximum Gasteiger partial charge on any atom is 0.341 e. The van der Waals surface area contributed by atoms with Gasteiger partial charge in [0.05, 0.1) is 28.9 Å². The van der Waals surface area contributed by atoms with Crippen molar-refractivity contribution in [3.05, 3.63) is 81.2 Å². The van der Waals surface area contributed by atoms with Crippen molar-refractivity contribution in [2.45, 2.75) is 34.6 Å². The number of aromatic nitrogens is 1. The van der Waals surface area contributed by atoms with Gasteiger partial charge in [0.15, 0.2) is 0 Å². The molecule has 0 radical (unpaired) electrons. The van der Waals surface area contributed by atoms with Gasteiger partial charge < -0.3 is 10.1 Å². The lowest BCUT2D eigenvalue weighted by Gasteiger charge is -2.15. The SMILES string of the molecule is CCOC(=O)c1c(NC(=O)c2c(C)c(-c3ccc(C)cc3)nc3ccccc23)sc(C)c1C. The lowest BCUT2D eigenvalue weighted by atomic mass is 9.96. The van der Waals surface area contributed by atoms with E-state index in [1.165, 1.54) is 11.3 Å². The average molecular weight is 459 g/mol. The molecule has 0 fully saturated rings. The number of hydrogen-bond donors (Lipinski definition) is 1. The van der Waals surface area contributed by atoms with Crippen LogP contribution in [0.3, 0.4) is 0 Å². The minimum Gasteiger partial charge on any atom is -0.462 e. The van der Waals surface area contributed by atoms with Crippen LogP contribution in [-0.4, -0.2) is 23.5 Å². The number of fused-ring (bicyclic) bond motifs is 1. The van der Waals surface area contributed by atoms with Crippen LogP contribution in [0, 0.1) is 27.7 Å². The van der Waals surface area contributed by atoms with Crippen LogP contribution < -0.4 is 5.32 Å². The van der Waals surface area contributed by atoms with Gasteiger partial charge in [-0.2, -0.15) is 0 Å². The van der Waals surface area contributed by atoms with E-state index in [0.717, 1.165) is 43.7 Å². The Bertz CT molecular complexity index is 1370. The first-order valence-electron chi connectivity index (χ1n) is 10.9. The number of nitrogens with zero attached hydrogens (tertiary/aromatic N) is 1. The molecule has 0 aliphatic heterocycles. The molecule has 0 saturated carbocycles. The van der Waals surface area contributed by atoms with E-state index in [0.29, 0.717) is 16.1 Å². The molecule has 5 nitrogen and oxygen atoms in total. The smallest absolute Gasteiger partial charge is 0.341 e. The van der Waals surface area contributed by atoms with E-state index < -0.39 is 5.97 Å². The van der Waals surface area contributed by atoms with Crippen LogP contribution in [0.1, 0.15) is 49.2 Å². The van der Waals surface area contributed by atoms with Crippen LogP contribution in [-0.2, 0) is 4.74 Å². The molecule has 0 atom stereocenters. The molecule has 33 heavy (non-hydrogen) atoms. The molecular weight excluding hydrogens is 432 g/mol. The molecule has 168 valence electrons. The van der Waals surface area contributed by atoms with Gasteiger partial charge >= 0.3 is 5.97 Å².